The molecule has 138 valence electrons. The molecule has 0 saturated carbocycles. The summed E-state index contributed by atoms with van der Waals surface area (Å²) in [6.45, 7) is 6.37. The molecule has 0 radical (unpaired) electrons. The first-order chi connectivity index (χ1) is 12.3. The number of benzene rings is 1. The molecule has 0 amide bonds. The van der Waals surface area contributed by atoms with Gasteiger partial charge < -0.3 is 19.5 Å². The summed E-state index contributed by atoms with van der Waals surface area (Å²) in [5.41, 5.74) is 1.14. The van der Waals surface area contributed by atoms with Crippen molar-refractivity contribution in [3.05, 3.63) is 39.4 Å². The number of pyridine rings is 1. The van der Waals surface area contributed by atoms with E-state index in [-0.39, 0.29) is 17.0 Å². The Morgan fingerprint density at radius 1 is 1.27 bits per heavy atom. The molecule has 1 saturated heterocycles. The van der Waals surface area contributed by atoms with E-state index in [1.165, 1.54) is 12.3 Å². The second-order valence-electron chi connectivity index (χ2n) is 7.49. The highest BCUT2D eigenvalue weighted by Crippen LogP contribution is 2.40. The van der Waals surface area contributed by atoms with Gasteiger partial charge in [0.1, 0.15) is 11.4 Å². The number of aromatic carboxylic acids is 1. The Morgan fingerprint density at radius 3 is 2.65 bits per heavy atom. The maximum absolute atomic E-state index is 15.1. The number of anilines is 1. The lowest BCUT2D eigenvalue weighted by molar-refractivity contribution is 0.0694. The number of rotatable bonds is 2. The van der Waals surface area contributed by atoms with Crippen molar-refractivity contribution in [1.82, 2.24) is 9.47 Å². The van der Waals surface area contributed by atoms with Crippen LogP contribution in [0.2, 0.25) is 0 Å². The molecule has 4 rings (SSSR count). The van der Waals surface area contributed by atoms with Crippen molar-refractivity contribution in [2.75, 3.05) is 31.6 Å². The molecule has 0 spiro atoms. The van der Waals surface area contributed by atoms with E-state index in [1.807, 2.05) is 11.5 Å². The number of carboxylic acid groups (broad SMARTS) is 1. The van der Waals surface area contributed by atoms with E-state index in [9.17, 15) is 14.7 Å². The van der Waals surface area contributed by atoms with Gasteiger partial charge in [-0.15, -0.1) is 0 Å². The average Bonchev–Trinajstić information content (AvgIpc) is 2.90. The summed E-state index contributed by atoms with van der Waals surface area (Å²) in [5.74, 6) is -1.72. The second kappa shape index (κ2) is 5.81. The van der Waals surface area contributed by atoms with E-state index in [2.05, 4.69) is 23.8 Å². The lowest BCUT2D eigenvalue weighted by Crippen LogP contribution is -2.50. The molecule has 1 unspecified atom stereocenters. The van der Waals surface area contributed by atoms with E-state index < -0.39 is 17.2 Å². The molecule has 6 nitrogen and oxygen atoms in total. The van der Waals surface area contributed by atoms with E-state index >= 15 is 4.39 Å². The molecular weight excluding hydrogens is 337 g/mol. The summed E-state index contributed by atoms with van der Waals surface area (Å²) in [7, 11) is 2.06. The maximum atomic E-state index is 15.1. The second-order valence-corrected chi connectivity index (χ2v) is 7.49. The van der Waals surface area contributed by atoms with Gasteiger partial charge in [0.05, 0.1) is 11.2 Å². The van der Waals surface area contributed by atoms with Gasteiger partial charge in [-0.1, -0.05) is 0 Å². The quantitative estimate of drug-likeness (QED) is 0.890. The first-order valence-electron chi connectivity index (χ1n) is 8.88. The van der Waals surface area contributed by atoms with Crippen LogP contribution in [0.4, 0.5) is 10.1 Å². The molecule has 0 bridgehead atoms. The maximum Gasteiger partial charge on any atom is 0.341 e. The number of hydrogen-bond acceptors (Lipinski definition) is 4. The molecule has 3 heterocycles. The lowest BCUT2D eigenvalue weighted by Gasteiger charge is -2.39. The molecule has 2 aromatic rings. The van der Waals surface area contributed by atoms with Gasteiger partial charge in [0.2, 0.25) is 5.43 Å². The number of likely N-dealkylation sites (N-methyl/N-ethyl adjacent to an activating group) is 1. The SMILES string of the molecule is CC1Cc2c(N3CCN(C)[C@@H](C)C3)c(F)cc3c(=O)c(C(=O)O)cn1c23. The Bertz CT molecular complexity index is 984. The zero-order valence-electron chi connectivity index (χ0n) is 15.1. The smallest absolute Gasteiger partial charge is 0.341 e. The van der Waals surface area contributed by atoms with Crippen molar-refractivity contribution in [2.45, 2.75) is 32.4 Å². The van der Waals surface area contributed by atoms with Crippen molar-refractivity contribution < 1.29 is 14.3 Å². The Kier molecular flexibility index (Phi) is 3.80. The molecule has 0 aliphatic carbocycles. The van der Waals surface area contributed by atoms with Crippen LogP contribution in [0.3, 0.4) is 0 Å². The summed E-state index contributed by atoms with van der Waals surface area (Å²) in [4.78, 5) is 28.3. The first-order valence-corrected chi connectivity index (χ1v) is 8.88. The minimum absolute atomic E-state index is 0.0170. The molecule has 7 heteroatoms. The largest absolute Gasteiger partial charge is 0.477 e. The number of halogens is 1. The van der Waals surface area contributed by atoms with E-state index in [0.29, 0.717) is 23.7 Å². The van der Waals surface area contributed by atoms with E-state index in [1.54, 1.807) is 0 Å². The van der Waals surface area contributed by atoms with Gasteiger partial charge in [0, 0.05) is 48.9 Å². The Balaban J connectivity index is 1.96. The number of hydrogen-bond donors (Lipinski definition) is 1. The number of piperazine rings is 1. The zero-order valence-corrected chi connectivity index (χ0v) is 15.1. The van der Waals surface area contributed by atoms with Crippen molar-refractivity contribution in [1.29, 1.82) is 0 Å². The van der Waals surface area contributed by atoms with Crippen molar-refractivity contribution in [3.8, 4) is 0 Å². The predicted octanol–water partition coefficient (Wildman–Crippen LogP) is 2.10. The molecule has 2 aliphatic rings. The Hall–Kier alpha value is -2.41. The summed E-state index contributed by atoms with van der Waals surface area (Å²) < 4.78 is 16.9. The highest BCUT2D eigenvalue weighted by Gasteiger charge is 2.32. The molecule has 26 heavy (non-hydrogen) atoms. The van der Waals surface area contributed by atoms with Crippen LogP contribution in [0, 0.1) is 5.82 Å². The molecule has 1 aromatic carbocycles. The van der Waals surface area contributed by atoms with Gasteiger partial charge in [-0.25, -0.2) is 9.18 Å². The van der Waals surface area contributed by atoms with Gasteiger partial charge in [0.25, 0.3) is 0 Å². The van der Waals surface area contributed by atoms with Gasteiger partial charge in [-0.05, 0) is 33.4 Å². The number of nitrogens with zero attached hydrogens (tertiary/aromatic N) is 3. The van der Waals surface area contributed by atoms with Crippen LogP contribution in [0.15, 0.2) is 17.1 Å². The fourth-order valence-corrected chi connectivity index (χ4v) is 4.24. The van der Waals surface area contributed by atoms with Crippen LogP contribution in [-0.4, -0.2) is 53.3 Å². The van der Waals surface area contributed by atoms with Crippen LogP contribution in [0.5, 0.6) is 0 Å². The highest BCUT2D eigenvalue weighted by atomic mass is 19.1. The first kappa shape index (κ1) is 17.0. The van der Waals surface area contributed by atoms with Crippen LogP contribution >= 0.6 is 0 Å². The zero-order chi connectivity index (χ0) is 18.7. The molecule has 1 fully saturated rings. The summed E-state index contributed by atoms with van der Waals surface area (Å²) >= 11 is 0. The summed E-state index contributed by atoms with van der Waals surface area (Å²) in [6.07, 6.45) is 2.00. The van der Waals surface area contributed by atoms with Gasteiger partial charge in [0.15, 0.2) is 0 Å². The van der Waals surface area contributed by atoms with Crippen LogP contribution in [-0.2, 0) is 6.42 Å². The van der Waals surface area contributed by atoms with E-state index in [4.69, 9.17) is 0 Å². The third-order valence-electron chi connectivity index (χ3n) is 5.82. The molecule has 1 N–H and O–H groups in total. The minimum Gasteiger partial charge on any atom is -0.477 e. The number of carbonyl (C=O) groups is 1. The topological polar surface area (TPSA) is 65.8 Å². The monoisotopic (exact) mass is 359 g/mol. The van der Waals surface area contributed by atoms with Gasteiger partial charge >= 0.3 is 5.97 Å². The average molecular weight is 359 g/mol. The normalized spacial score (nSPS) is 23.0. The third kappa shape index (κ3) is 2.34. The Morgan fingerprint density at radius 2 is 2.00 bits per heavy atom. The fourth-order valence-electron chi connectivity index (χ4n) is 4.24. The predicted molar refractivity (Wildman–Crippen MR) is 97.8 cm³/mol. The Labute approximate surface area is 150 Å². The lowest BCUT2D eigenvalue weighted by atomic mass is 10.0. The number of carboxylic acids is 1. The van der Waals surface area contributed by atoms with Crippen molar-refractivity contribution in [3.63, 3.8) is 0 Å². The van der Waals surface area contributed by atoms with Gasteiger partial charge in [-0.2, -0.15) is 0 Å². The summed E-state index contributed by atoms with van der Waals surface area (Å²) in [6, 6.07) is 1.51. The summed E-state index contributed by atoms with van der Waals surface area (Å²) in [5, 5.41) is 9.47. The van der Waals surface area contributed by atoms with Crippen LogP contribution in [0.1, 0.15) is 35.8 Å². The van der Waals surface area contributed by atoms with Crippen LogP contribution < -0.4 is 10.3 Å². The van der Waals surface area contributed by atoms with Gasteiger partial charge in [-0.3, -0.25) is 4.79 Å². The fraction of sp³-hybridized carbons (Fsp3) is 0.474. The molecule has 1 aromatic heterocycles. The standard InChI is InChI=1S/C19H22FN3O3/c1-10-6-12-16-13(18(24)14(19(25)26)9-23(10)16)7-15(20)17(12)22-5-4-21(3)11(2)8-22/h7,9-11H,4-6,8H2,1-3H3,(H,25,26)/t10?,11-/m0/s1. The third-order valence-corrected chi connectivity index (χ3v) is 5.82. The van der Waals surface area contributed by atoms with E-state index in [0.717, 1.165) is 25.2 Å². The minimum atomic E-state index is -1.28. The molecule has 2 aliphatic heterocycles. The van der Waals surface area contributed by atoms with Crippen LogP contribution in [0.25, 0.3) is 10.9 Å². The van der Waals surface area contributed by atoms with Crippen molar-refractivity contribution >= 4 is 22.6 Å². The number of aromatic nitrogens is 1. The molecule has 2 atom stereocenters. The molecular formula is C19H22FN3O3. The van der Waals surface area contributed by atoms with Crippen molar-refractivity contribution in [2.24, 2.45) is 0 Å². The highest BCUT2D eigenvalue weighted by molar-refractivity contribution is 5.96.